The SMILES string of the molecule is CC(N)Cc1cc(OCc2c(F)cccc2Cl)ccc1Br. The number of nitrogens with two attached hydrogens (primary N) is 1. The molecule has 112 valence electrons. The Morgan fingerprint density at radius 1 is 1.33 bits per heavy atom. The fraction of sp³-hybridized carbons (Fsp3) is 0.250. The van der Waals surface area contributed by atoms with E-state index in [0.717, 1.165) is 16.5 Å². The molecule has 0 aliphatic carbocycles. The van der Waals surface area contributed by atoms with Crippen LogP contribution in [0.1, 0.15) is 18.1 Å². The van der Waals surface area contributed by atoms with Crippen molar-refractivity contribution in [3.63, 3.8) is 0 Å². The lowest BCUT2D eigenvalue weighted by Gasteiger charge is -2.12. The molecule has 0 amide bonds. The van der Waals surface area contributed by atoms with Crippen LogP contribution < -0.4 is 10.5 Å². The van der Waals surface area contributed by atoms with Crippen molar-refractivity contribution in [1.82, 2.24) is 0 Å². The van der Waals surface area contributed by atoms with Crippen LogP contribution in [-0.2, 0) is 13.0 Å². The summed E-state index contributed by atoms with van der Waals surface area (Å²) < 4.78 is 20.3. The topological polar surface area (TPSA) is 35.2 Å². The molecule has 21 heavy (non-hydrogen) atoms. The maximum atomic E-state index is 13.7. The summed E-state index contributed by atoms with van der Waals surface area (Å²) in [4.78, 5) is 0. The molecular formula is C16H16BrClFNO. The highest BCUT2D eigenvalue weighted by Gasteiger charge is 2.09. The molecule has 0 saturated heterocycles. The summed E-state index contributed by atoms with van der Waals surface area (Å²) in [5, 5.41) is 0.364. The first-order valence-electron chi connectivity index (χ1n) is 6.57. The van der Waals surface area contributed by atoms with E-state index in [-0.39, 0.29) is 18.5 Å². The normalized spacial score (nSPS) is 12.2. The molecular weight excluding hydrogens is 357 g/mol. The number of ether oxygens (including phenoxy) is 1. The average Bonchev–Trinajstić information content (AvgIpc) is 2.41. The molecule has 0 radical (unpaired) electrons. The second kappa shape index (κ2) is 7.25. The highest BCUT2D eigenvalue weighted by atomic mass is 79.9. The Balaban J connectivity index is 2.13. The Bertz CT molecular complexity index is 613. The van der Waals surface area contributed by atoms with Gasteiger partial charge in [0.25, 0.3) is 0 Å². The summed E-state index contributed by atoms with van der Waals surface area (Å²) in [5.74, 6) is 0.295. The van der Waals surface area contributed by atoms with E-state index in [9.17, 15) is 4.39 Å². The smallest absolute Gasteiger partial charge is 0.131 e. The zero-order chi connectivity index (χ0) is 15.4. The Hall–Kier alpha value is -1.10. The molecule has 2 aromatic rings. The molecule has 0 fully saturated rings. The quantitative estimate of drug-likeness (QED) is 0.825. The Kier molecular flexibility index (Phi) is 5.62. The van der Waals surface area contributed by atoms with E-state index in [1.165, 1.54) is 6.07 Å². The minimum Gasteiger partial charge on any atom is -0.489 e. The van der Waals surface area contributed by atoms with Crippen molar-refractivity contribution in [3.8, 4) is 5.75 Å². The number of hydrogen-bond acceptors (Lipinski definition) is 2. The maximum Gasteiger partial charge on any atom is 0.131 e. The number of rotatable bonds is 5. The predicted molar refractivity (Wildman–Crippen MR) is 87.2 cm³/mol. The molecule has 0 aromatic heterocycles. The third kappa shape index (κ3) is 4.43. The third-order valence-corrected chi connectivity index (χ3v) is 4.13. The van der Waals surface area contributed by atoms with E-state index in [1.54, 1.807) is 12.1 Å². The molecule has 0 heterocycles. The standard InChI is InChI=1S/C16H16BrClFNO/c1-10(20)7-11-8-12(5-6-14(11)17)21-9-13-15(18)3-2-4-16(13)19/h2-6,8,10H,7,9,20H2,1H3. The van der Waals surface area contributed by atoms with E-state index in [1.807, 2.05) is 25.1 Å². The minimum atomic E-state index is -0.365. The first-order valence-corrected chi connectivity index (χ1v) is 7.74. The van der Waals surface area contributed by atoms with Gasteiger partial charge in [-0.3, -0.25) is 0 Å². The number of halogens is 3. The molecule has 0 saturated carbocycles. The molecule has 2 nitrogen and oxygen atoms in total. The predicted octanol–water partition coefficient (Wildman–Crippen LogP) is 4.71. The van der Waals surface area contributed by atoms with Gasteiger partial charge >= 0.3 is 0 Å². The highest BCUT2D eigenvalue weighted by molar-refractivity contribution is 9.10. The van der Waals surface area contributed by atoms with Gasteiger partial charge in [0.2, 0.25) is 0 Å². The van der Waals surface area contributed by atoms with Crippen LogP contribution in [0.5, 0.6) is 5.75 Å². The third-order valence-electron chi connectivity index (χ3n) is 3.00. The van der Waals surface area contributed by atoms with Crippen LogP contribution in [-0.4, -0.2) is 6.04 Å². The van der Waals surface area contributed by atoms with Crippen LogP contribution in [0.4, 0.5) is 4.39 Å². The Morgan fingerprint density at radius 3 is 2.76 bits per heavy atom. The molecule has 2 rings (SSSR count). The molecule has 0 bridgehead atoms. The van der Waals surface area contributed by atoms with Crippen molar-refractivity contribution >= 4 is 27.5 Å². The van der Waals surface area contributed by atoms with Gasteiger partial charge in [-0.15, -0.1) is 0 Å². The van der Waals surface area contributed by atoms with Crippen molar-refractivity contribution in [1.29, 1.82) is 0 Å². The fourth-order valence-electron chi connectivity index (χ4n) is 1.97. The lowest BCUT2D eigenvalue weighted by Crippen LogP contribution is -2.18. The first-order chi connectivity index (χ1) is 9.97. The van der Waals surface area contributed by atoms with Crippen molar-refractivity contribution in [2.75, 3.05) is 0 Å². The van der Waals surface area contributed by atoms with Crippen molar-refractivity contribution < 1.29 is 9.13 Å². The van der Waals surface area contributed by atoms with Gasteiger partial charge in [-0.1, -0.05) is 33.6 Å². The monoisotopic (exact) mass is 371 g/mol. The van der Waals surface area contributed by atoms with Crippen LogP contribution >= 0.6 is 27.5 Å². The lowest BCUT2D eigenvalue weighted by atomic mass is 10.1. The van der Waals surface area contributed by atoms with E-state index < -0.39 is 0 Å². The maximum absolute atomic E-state index is 13.7. The summed E-state index contributed by atoms with van der Waals surface area (Å²) in [5.41, 5.74) is 7.23. The Morgan fingerprint density at radius 2 is 2.10 bits per heavy atom. The minimum absolute atomic E-state index is 0.0533. The van der Waals surface area contributed by atoms with Crippen LogP contribution in [0.2, 0.25) is 5.02 Å². The van der Waals surface area contributed by atoms with Crippen LogP contribution in [0, 0.1) is 5.82 Å². The molecule has 0 spiro atoms. The molecule has 0 aliphatic rings. The van der Waals surface area contributed by atoms with Crippen LogP contribution in [0.3, 0.4) is 0 Å². The van der Waals surface area contributed by atoms with E-state index in [2.05, 4.69) is 15.9 Å². The summed E-state index contributed by atoms with van der Waals surface area (Å²) in [6, 6.07) is 10.3. The van der Waals surface area contributed by atoms with Gasteiger partial charge < -0.3 is 10.5 Å². The van der Waals surface area contributed by atoms with E-state index in [4.69, 9.17) is 22.1 Å². The molecule has 2 aromatic carbocycles. The molecule has 1 unspecified atom stereocenters. The Labute approximate surface area is 137 Å². The van der Waals surface area contributed by atoms with Crippen molar-refractivity contribution in [3.05, 3.63) is 62.8 Å². The van der Waals surface area contributed by atoms with Gasteiger partial charge in [-0.05, 0) is 49.2 Å². The lowest BCUT2D eigenvalue weighted by molar-refractivity contribution is 0.299. The van der Waals surface area contributed by atoms with Crippen molar-refractivity contribution in [2.24, 2.45) is 5.73 Å². The summed E-state index contributed by atoms with van der Waals surface area (Å²) >= 11 is 9.46. The zero-order valence-corrected chi connectivity index (χ0v) is 13.9. The van der Waals surface area contributed by atoms with Gasteiger partial charge in [-0.25, -0.2) is 4.39 Å². The second-order valence-corrected chi connectivity index (χ2v) is 6.19. The van der Waals surface area contributed by atoms with E-state index in [0.29, 0.717) is 16.3 Å². The van der Waals surface area contributed by atoms with Crippen molar-refractivity contribution in [2.45, 2.75) is 26.0 Å². The number of benzene rings is 2. The molecule has 2 N–H and O–H groups in total. The first kappa shape index (κ1) is 16.3. The largest absolute Gasteiger partial charge is 0.489 e. The molecule has 1 atom stereocenters. The average molecular weight is 373 g/mol. The number of hydrogen-bond donors (Lipinski definition) is 1. The van der Waals surface area contributed by atoms with Gasteiger partial charge in [0.05, 0.1) is 5.02 Å². The van der Waals surface area contributed by atoms with E-state index >= 15 is 0 Å². The molecule has 0 aliphatic heterocycles. The highest BCUT2D eigenvalue weighted by Crippen LogP contribution is 2.26. The van der Waals surface area contributed by atoms with Gasteiger partial charge in [0.15, 0.2) is 0 Å². The van der Waals surface area contributed by atoms with Crippen LogP contribution in [0.25, 0.3) is 0 Å². The summed E-state index contributed by atoms with van der Waals surface area (Å²) in [6.45, 7) is 2.03. The zero-order valence-electron chi connectivity index (χ0n) is 11.6. The van der Waals surface area contributed by atoms with Gasteiger partial charge in [-0.2, -0.15) is 0 Å². The summed E-state index contributed by atoms with van der Waals surface area (Å²) in [7, 11) is 0. The fourth-order valence-corrected chi connectivity index (χ4v) is 2.60. The molecule has 5 heteroatoms. The van der Waals surface area contributed by atoms with Gasteiger partial charge in [0.1, 0.15) is 18.2 Å². The summed E-state index contributed by atoms with van der Waals surface area (Å²) in [6.07, 6.45) is 0.734. The second-order valence-electron chi connectivity index (χ2n) is 4.92. The van der Waals surface area contributed by atoms with Crippen LogP contribution in [0.15, 0.2) is 40.9 Å². The van der Waals surface area contributed by atoms with Gasteiger partial charge in [0, 0.05) is 16.1 Å².